The summed E-state index contributed by atoms with van der Waals surface area (Å²) in [5.41, 5.74) is 3.18. The average Bonchev–Trinajstić information content (AvgIpc) is 3.17. The molecule has 6 nitrogen and oxygen atoms in total. The predicted molar refractivity (Wildman–Crippen MR) is 123 cm³/mol. The fourth-order valence-corrected chi connectivity index (χ4v) is 3.47. The smallest absolute Gasteiger partial charge is 0.280 e. The molecule has 0 aliphatic carbocycles. The molecule has 1 heterocycles. The van der Waals surface area contributed by atoms with Crippen molar-refractivity contribution in [2.75, 3.05) is 14.2 Å². The predicted octanol–water partition coefficient (Wildman–Crippen LogP) is 5.13. The van der Waals surface area contributed by atoms with Gasteiger partial charge in [-0.05, 0) is 43.3 Å². The molecule has 0 fully saturated rings. The van der Waals surface area contributed by atoms with Crippen molar-refractivity contribution >= 4 is 11.4 Å². The lowest BCUT2D eigenvalue weighted by atomic mass is 10.1. The van der Waals surface area contributed by atoms with Crippen LogP contribution in [-0.4, -0.2) is 29.7 Å². The molecule has 0 saturated carbocycles. The zero-order valence-corrected chi connectivity index (χ0v) is 17.9. The van der Waals surface area contributed by atoms with Gasteiger partial charge in [0.25, 0.3) is 5.56 Å². The van der Waals surface area contributed by atoms with Crippen LogP contribution in [0.3, 0.4) is 0 Å². The molecular weight excluding hydrogens is 409 g/mol. The van der Waals surface area contributed by atoms with Gasteiger partial charge in [-0.15, -0.1) is 0 Å². The van der Waals surface area contributed by atoms with E-state index in [1.807, 2.05) is 30.3 Å². The van der Waals surface area contributed by atoms with E-state index in [9.17, 15) is 9.18 Å². The number of halogens is 1. The Bertz CT molecular complexity index is 1320. The first kappa shape index (κ1) is 21.1. The van der Waals surface area contributed by atoms with Gasteiger partial charge in [-0.25, -0.2) is 14.1 Å². The fourth-order valence-electron chi connectivity index (χ4n) is 3.47. The Hall–Kier alpha value is -4.13. The third kappa shape index (κ3) is 4.05. The molecule has 3 aromatic carbocycles. The van der Waals surface area contributed by atoms with Crippen LogP contribution in [0.25, 0.3) is 16.9 Å². The highest BCUT2D eigenvalue weighted by Crippen LogP contribution is 2.32. The summed E-state index contributed by atoms with van der Waals surface area (Å²) in [6, 6.07) is 20.5. The Balaban J connectivity index is 1.90. The standard InChI is InChI=1S/C25H22FN3O3/c1-16(27-21-14-13-20(31-2)15-22(21)32-3)23-24(17-7-5-4-6-8-17)28-29(25(23)30)19-11-9-18(26)10-12-19/h4-15,28H,1-3H3. The second-order valence-corrected chi connectivity index (χ2v) is 7.08. The molecule has 4 rings (SSSR count). The van der Waals surface area contributed by atoms with E-state index in [-0.39, 0.29) is 11.4 Å². The van der Waals surface area contributed by atoms with E-state index in [1.54, 1.807) is 51.5 Å². The molecule has 32 heavy (non-hydrogen) atoms. The highest BCUT2D eigenvalue weighted by atomic mass is 19.1. The summed E-state index contributed by atoms with van der Waals surface area (Å²) in [6.45, 7) is 1.77. The van der Waals surface area contributed by atoms with Gasteiger partial charge in [0.1, 0.15) is 23.0 Å². The largest absolute Gasteiger partial charge is 0.497 e. The average molecular weight is 431 g/mol. The molecular formula is C25H22FN3O3. The zero-order chi connectivity index (χ0) is 22.7. The highest BCUT2D eigenvalue weighted by molar-refractivity contribution is 6.05. The highest BCUT2D eigenvalue weighted by Gasteiger charge is 2.20. The van der Waals surface area contributed by atoms with Crippen molar-refractivity contribution in [2.45, 2.75) is 6.92 Å². The third-order valence-electron chi connectivity index (χ3n) is 5.07. The maximum Gasteiger partial charge on any atom is 0.280 e. The number of aromatic nitrogens is 2. The number of hydrogen-bond acceptors (Lipinski definition) is 4. The Morgan fingerprint density at radius 2 is 1.69 bits per heavy atom. The maximum absolute atomic E-state index is 13.4. The van der Waals surface area contributed by atoms with Crippen LogP contribution >= 0.6 is 0 Å². The number of H-pyrrole nitrogens is 1. The second kappa shape index (κ2) is 8.93. The van der Waals surface area contributed by atoms with Gasteiger partial charge in [-0.2, -0.15) is 0 Å². The molecule has 0 saturated heterocycles. The number of hydrogen-bond donors (Lipinski definition) is 1. The Morgan fingerprint density at radius 3 is 2.34 bits per heavy atom. The first-order valence-corrected chi connectivity index (χ1v) is 9.96. The van der Waals surface area contributed by atoms with E-state index < -0.39 is 0 Å². The van der Waals surface area contributed by atoms with Gasteiger partial charge in [0, 0.05) is 11.6 Å². The summed E-state index contributed by atoms with van der Waals surface area (Å²) < 4.78 is 25.5. The number of nitrogens with zero attached hydrogens (tertiary/aromatic N) is 2. The zero-order valence-electron chi connectivity index (χ0n) is 17.9. The molecule has 0 unspecified atom stereocenters. The van der Waals surface area contributed by atoms with E-state index in [2.05, 4.69) is 10.1 Å². The van der Waals surface area contributed by atoms with Crippen LogP contribution in [0, 0.1) is 5.82 Å². The van der Waals surface area contributed by atoms with Gasteiger partial charge in [-0.1, -0.05) is 30.3 Å². The third-order valence-corrected chi connectivity index (χ3v) is 5.07. The molecule has 0 aliphatic rings. The van der Waals surface area contributed by atoms with Crippen molar-refractivity contribution in [3.05, 3.63) is 94.5 Å². The van der Waals surface area contributed by atoms with E-state index in [4.69, 9.17) is 9.47 Å². The van der Waals surface area contributed by atoms with Crippen molar-refractivity contribution < 1.29 is 13.9 Å². The van der Waals surface area contributed by atoms with Crippen LogP contribution in [0.5, 0.6) is 11.5 Å². The van der Waals surface area contributed by atoms with Crippen LogP contribution in [0.4, 0.5) is 10.1 Å². The van der Waals surface area contributed by atoms with Gasteiger partial charge in [0.15, 0.2) is 0 Å². The summed E-state index contributed by atoms with van der Waals surface area (Å²) in [5, 5.41) is 3.17. The molecule has 1 N–H and O–H groups in total. The monoisotopic (exact) mass is 431 g/mol. The summed E-state index contributed by atoms with van der Waals surface area (Å²) >= 11 is 0. The summed E-state index contributed by atoms with van der Waals surface area (Å²) in [6.07, 6.45) is 0. The molecule has 0 bridgehead atoms. The molecule has 0 spiro atoms. The Kier molecular flexibility index (Phi) is 5.89. The number of rotatable bonds is 6. The summed E-state index contributed by atoms with van der Waals surface area (Å²) in [4.78, 5) is 18.1. The second-order valence-electron chi connectivity index (χ2n) is 7.08. The lowest BCUT2D eigenvalue weighted by Crippen LogP contribution is -2.19. The first-order chi connectivity index (χ1) is 15.5. The molecule has 4 aromatic rings. The number of methoxy groups -OCH3 is 2. The lowest BCUT2D eigenvalue weighted by molar-refractivity contribution is 0.395. The van der Waals surface area contributed by atoms with E-state index in [1.165, 1.54) is 16.8 Å². The molecule has 0 amide bonds. The molecule has 0 aliphatic heterocycles. The van der Waals surface area contributed by atoms with E-state index in [0.29, 0.717) is 39.8 Å². The minimum absolute atomic E-state index is 0.288. The number of aromatic amines is 1. The normalized spacial score (nSPS) is 11.4. The number of nitrogens with one attached hydrogen (secondary N) is 1. The van der Waals surface area contributed by atoms with Crippen molar-refractivity contribution in [1.82, 2.24) is 9.78 Å². The topological polar surface area (TPSA) is 68.6 Å². The van der Waals surface area contributed by atoms with Gasteiger partial charge in [-0.3, -0.25) is 9.89 Å². The number of aliphatic imine (C=N–C) groups is 1. The van der Waals surface area contributed by atoms with Crippen LogP contribution in [0.15, 0.2) is 82.6 Å². The number of benzene rings is 3. The fraction of sp³-hybridized carbons (Fsp3) is 0.120. The van der Waals surface area contributed by atoms with E-state index >= 15 is 0 Å². The van der Waals surface area contributed by atoms with Crippen molar-refractivity contribution in [1.29, 1.82) is 0 Å². The van der Waals surface area contributed by atoms with Gasteiger partial charge in [0.2, 0.25) is 0 Å². The van der Waals surface area contributed by atoms with Gasteiger partial charge < -0.3 is 9.47 Å². The molecule has 7 heteroatoms. The molecule has 0 radical (unpaired) electrons. The molecule has 1 aromatic heterocycles. The van der Waals surface area contributed by atoms with Crippen LogP contribution < -0.4 is 15.0 Å². The first-order valence-electron chi connectivity index (χ1n) is 9.96. The molecule has 162 valence electrons. The maximum atomic E-state index is 13.4. The van der Waals surface area contributed by atoms with E-state index in [0.717, 1.165) is 5.56 Å². The van der Waals surface area contributed by atoms with Crippen molar-refractivity contribution in [3.8, 4) is 28.4 Å². The van der Waals surface area contributed by atoms with Crippen LogP contribution in [-0.2, 0) is 0 Å². The minimum atomic E-state index is -0.374. The number of ether oxygens (including phenoxy) is 2. The van der Waals surface area contributed by atoms with Crippen LogP contribution in [0.2, 0.25) is 0 Å². The quantitative estimate of drug-likeness (QED) is 0.431. The minimum Gasteiger partial charge on any atom is -0.497 e. The van der Waals surface area contributed by atoms with Crippen molar-refractivity contribution in [3.63, 3.8) is 0 Å². The van der Waals surface area contributed by atoms with Gasteiger partial charge in [0.05, 0.1) is 36.9 Å². The van der Waals surface area contributed by atoms with Crippen molar-refractivity contribution in [2.24, 2.45) is 4.99 Å². The summed E-state index contributed by atoms with van der Waals surface area (Å²) in [5.74, 6) is 0.796. The lowest BCUT2D eigenvalue weighted by Gasteiger charge is -2.08. The van der Waals surface area contributed by atoms with Crippen LogP contribution in [0.1, 0.15) is 12.5 Å². The summed E-state index contributed by atoms with van der Waals surface area (Å²) in [7, 11) is 3.13. The Morgan fingerprint density at radius 1 is 0.969 bits per heavy atom. The van der Waals surface area contributed by atoms with Gasteiger partial charge >= 0.3 is 0 Å². The Labute approximate surface area is 184 Å². The molecule has 0 atom stereocenters. The SMILES string of the molecule is COc1ccc(N=C(C)c2c(-c3ccccc3)[nH]n(-c3ccc(F)cc3)c2=O)c(OC)c1.